The molecule has 0 radical (unpaired) electrons. The Bertz CT molecular complexity index is 599. The summed E-state index contributed by atoms with van der Waals surface area (Å²) in [4.78, 5) is 0. The fraction of sp³-hybridized carbons (Fsp3) is 0.500. The third-order valence-corrected chi connectivity index (χ3v) is 3.12. The molecule has 2 aromatic rings. The monoisotopic (exact) mass is 288 g/mol. The van der Waals surface area contributed by atoms with E-state index < -0.39 is 0 Å². The number of ether oxygens (including phenoxy) is 1. The first-order chi connectivity index (χ1) is 9.85. The molecule has 5 heteroatoms. The van der Waals surface area contributed by atoms with Gasteiger partial charge in [0.2, 0.25) is 0 Å². The predicted octanol–water partition coefficient (Wildman–Crippen LogP) is 2.59. The van der Waals surface area contributed by atoms with Gasteiger partial charge in [-0.25, -0.2) is 0 Å². The molecule has 0 saturated heterocycles. The van der Waals surface area contributed by atoms with Crippen LogP contribution in [0.4, 0.5) is 0 Å². The van der Waals surface area contributed by atoms with Gasteiger partial charge in [-0.1, -0.05) is 23.4 Å². The standard InChI is InChI=1S/C16H24N4O/c1-12-7-6-8-13(9-17-16(2,3)4)15(12)21-11-14-10-20(5)19-18-14/h6-8,10,17H,9,11H2,1-5H3. The Hall–Kier alpha value is -1.88. The van der Waals surface area contributed by atoms with E-state index in [9.17, 15) is 0 Å². The normalized spacial score (nSPS) is 11.7. The lowest BCUT2D eigenvalue weighted by Gasteiger charge is -2.22. The van der Waals surface area contributed by atoms with Crippen molar-refractivity contribution in [3.8, 4) is 5.75 Å². The molecule has 21 heavy (non-hydrogen) atoms. The molecule has 0 aliphatic carbocycles. The largest absolute Gasteiger partial charge is 0.487 e. The second kappa shape index (κ2) is 6.26. The van der Waals surface area contributed by atoms with Crippen LogP contribution >= 0.6 is 0 Å². The molecule has 1 heterocycles. The van der Waals surface area contributed by atoms with E-state index in [2.05, 4.69) is 61.5 Å². The highest BCUT2D eigenvalue weighted by atomic mass is 16.5. The molecule has 0 fully saturated rings. The van der Waals surface area contributed by atoms with Crippen LogP contribution in [0.1, 0.15) is 37.6 Å². The number of hydrogen-bond acceptors (Lipinski definition) is 4. The fourth-order valence-electron chi connectivity index (χ4n) is 2.03. The smallest absolute Gasteiger partial charge is 0.134 e. The molecule has 2 rings (SSSR count). The summed E-state index contributed by atoms with van der Waals surface area (Å²) in [6.07, 6.45) is 1.87. The van der Waals surface area contributed by atoms with E-state index in [1.54, 1.807) is 4.68 Å². The first-order valence-corrected chi connectivity index (χ1v) is 7.17. The third kappa shape index (κ3) is 4.56. The van der Waals surface area contributed by atoms with Gasteiger partial charge in [0.1, 0.15) is 18.1 Å². The van der Waals surface area contributed by atoms with Crippen molar-refractivity contribution in [1.82, 2.24) is 20.3 Å². The molecule has 0 unspecified atom stereocenters. The van der Waals surface area contributed by atoms with Crippen LogP contribution in [-0.2, 0) is 20.2 Å². The Labute approximate surface area is 126 Å². The summed E-state index contributed by atoms with van der Waals surface area (Å²) in [5.74, 6) is 0.930. The number of benzene rings is 1. The quantitative estimate of drug-likeness (QED) is 0.919. The maximum Gasteiger partial charge on any atom is 0.134 e. The zero-order chi connectivity index (χ0) is 15.5. The van der Waals surface area contributed by atoms with Gasteiger partial charge in [0, 0.05) is 24.7 Å². The molecule has 0 amide bonds. The average Bonchev–Trinajstić information content (AvgIpc) is 2.80. The molecule has 0 bridgehead atoms. The van der Waals surface area contributed by atoms with Gasteiger partial charge in [-0.2, -0.15) is 0 Å². The number of para-hydroxylation sites is 1. The van der Waals surface area contributed by atoms with Crippen LogP contribution in [-0.4, -0.2) is 20.5 Å². The van der Waals surface area contributed by atoms with E-state index in [1.165, 1.54) is 0 Å². The van der Waals surface area contributed by atoms with Crippen LogP contribution < -0.4 is 10.1 Å². The zero-order valence-corrected chi connectivity index (χ0v) is 13.5. The molecule has 114 valence electrons. The van der Waals surface area contributed by atoms with Crippen molar-refractivity contribution in [2.45, 2.75) is 46.4 Å². The van der Waals surface area contributed by atoms with E-state index in [0.29, 0.717) is 6.61 Å². The molecule has 0 saturated carbocycles. The lowest BCUT2D eigenvalue weighted by Crippen LogP contribution is -2.35. The van der Waals surface area contributed by atoms with E-state index >= 15 is 0 Å². The minimum atomic E-state index is 0.0753. The summed E-state index contributed by atoms with van der Waals surface area (Å²) in [5.41, 5.74) is 3.20. The molecule has 0 spiro atoms. The van der Waals surface area contributed by atoms with E-state index in [4.69, 9.17) is 4.74 Å². The van der Waals surface area contributed by atoms with Crippen LogP contribution in [0.2, 0.25) is 0 Å². The molecule has 0 atom stereocenters. The highest BCUT2D eigenvalue weighted by Crippen LogP contribution is 2.24. The highest BCUT2D eigenvalue weighted by Gasteiger charge is 2.13. The minimum Gasteiger partial charge on any atom is -0.487 e. The summed E-state index contributed by atoms with van der Waals surface area (Å²) in [7, 11) is 1.85. The SMILES string of the molecule is Cc1cccc(CNC(C)(C)C)c1OCc1cn(C)nn1. The van der Waals surface area contributed by atoms with E-state index in [0.717, 1.165) is 29.1 Å². The summed E-state index contributed by atoms with van der Waals surface area (Å²) in [6.45, 7) is 9.74. The zero-order valence-electron chi connectivity index (χ0n) is 13.5. The van der Waals surface area contributed by atoms with Gasteiger partial charge in [-0.15, -0.1) is 5.10 Å². The molecule has 0 aliphatic rings. The number of aromatic nitrogens is 3. The van der Waals surface area contributed by atoms with Crippen LogP contribution in [0.3, 0.4) is 0 Å². The lowest BCUT2D eigenvalue weighted by molar-refractivity contribution is 0.293. The third-order valence-electron chi connectivity index (χ3n) is 3.12. The molecular weight excluding hydrogens is 264 g/mol. The fourth-order valence-corrected chi connectivity index (χ4v) is 2.03. The van der Waals surface area contributed by atoms with Crippen LogP contribution in [0.15, 0.2) is 24.4 Å². The van der Waals surface area contributed by atoms with Crippen molar-refractivity contribution in [3.63, 3.8) is 0 Å². The first-order valence-electron chi connectivity index (χ1n) is 7.17. The van der Waals surface area contributed by atoms with Gasteiger partial charge in [-0.05, 0) is 33.3 Å². The van der Waals surface area contributed by atoms with Gasteiger partial charge in [0.25, 0.3) is 0 Å². The van der Waals surface area contributed by atoms with Crippen LogP contribution in [0.5, 0.6) is 5.75 Å². The molecule has 1 aromatic heterocycles. The second-order valence-electron chi connectivity index (χ2n) is 6.34. The van der Waals surface area contributed by atoms with Gasteiger partial charge in [0.05, 0.1) is 6.20 Å². The molecular formula is C16H24N4O. The van der Waals surface area contributed by atoms with E-state index in [1.807, 2.05) is 13.2 Å². The average molecular weight is 288 g/mol. The summed E-state index contributed by atoms with van der Waals surface area (Å²) >= 11 is 0. The minimum absolute atomic E-state index is 0.0753. The van der Waals surface area contributed by atoms with Crippen LogP contribution in [0.25, 0.3) is 0 Å². The van der Waals surface area contributed by atoms with Crippen molar-refractivity contribution < 1.29 is 4.74 Å². The summed E-state index contributed by atoms with van der Waals surface area (Å²) < 4.78 is 7.66. The molecule has 0 aliphatic heterocycles. The van der Waals surface area contributed by atoms with Gasteiger partial charge in [-0.3, -0.25) is 4.68 Å². The second-order valence-corrected chi connectivity index (χ2v) is 6.34. The van der Waals surface area contributed by atoms with Crippen molar-refractivity contribution in [2.24, 2.45) is 7.05 Å². The van der Waals surface area contributed by atoms with Crippen LogP contribution in [0, 0.1) is 6.92 Å². The highest BCUT2D eigenvalue weighted by molar-refractivity contribution is 5.40. The van der Waals surface area contributed by atoms with Gasteiger partial charge < -0.3 is 10.1 Å². The number of nitrogens with one attached hydrogen (secondary N) is 1. The first kappa shape index (κ1) is 15.5. The van der Waals surface area contributed by atoms with Crippen molar-refractivity contribution in [3.05, 3.63) is 41.2 Å². The van der Waals surface area contributed by atoms with E-state index in [-0.39, 0.29) is 5.54 Å². The molecule has 1 aromatic carbocycles. The Kier molecular flexibility index (Phi) is 4.63. The van der Waals surface area contributed by atoms with Crippen molar-refractivity contribution >= 4 is 0 Å². The van der Waals surface area contributed by atoms with Crippen molar-refractivity contribution in [2.75, 3.05) is 0 Å². The maximum absolute atomic E-state index is 5.98. The maximum atomic E-state index is 5.98. The predicted molar refractivity (Wildman–Crippen MR) is 83.1 cm³/mol. The van der Waals surface area contributed by atoms with Gasteiger partial charge in [0.15, 0.2) is 0 Å². The molecule has 1 N–H and O–H groups in total. The van der Waals surface area contributed by atoms with Gasteiger partial charge >= 0.3 is 0 Å². The Balaban J connectivity index is 2.10. The van der Waals surface area contributed by atoms with Crippen molar-refractivity contribution in [1.29, 1.82) is 0 Å². The topological polar surface area (TPSA) is 52.0 Å². The Morgan fingerprint density at radius 1 is 1.29 bits per heavy atom. The number of rotatable bonds is 5. The lowest BCUT2D eigenvalue weighted by atomic mass is 10.1. The number of nitrogens with zero attached hydrogens (tertiary/aromatic N) is 3. The number of hydrogen-bond donors (Lipinski definition) is 1. The molecule has 5 nitrogen and oxygen atoms in total. The summed E-state index contributed by atoms with van der Waals surface area (Å²) in [6, 6.07) is 6.22. The Morgan fingerprint density at radius 2 is 2.05 bits per heavy atom. The summed E-state index contributed by atoms with van der Waals surface area (Å²) in [5, 5.41) is 11.5. The Morgan fingerprint density at radius 3 is 2.67 bits per heavy atom. The number of aryl methyl sites for hydroxylation is 2.